The number of rotatable bonds is 1. The number of hydrogen-bond acceptors (Lipinski definition) is 2. The molecule has 0 spiro atoms. The zero-order valence-electron chi connectivity index (χ0n) is 7.05. The van der Waals surface area contributed by atoms with E-state index < -0.39 is 0 Å². The molecule has 4 N–H and O–H groups in total. The maximum Gasteiger partial charge on any atom is 0.0307 e. The van der Waals surface area contributed by atoms with Crippen LogP contribution in [0.2, 0.25) is 0 Å². The first-order chi connectivity index (χ1) is 5.24. The van der Waals surface area contributed by atoms with Crippen LogP contribution >= 0.6 is 0 Å². The smallest absolute Gasteiger partial charge is 0.0307 e. The molecule has 2 aliphatic carbocycles. The Morgan fingerprint density at radius 2 is 2.09 bits per heavy atom. The van der Waals surface area contributed by atoms with E-state index in [9.17, 15) is 0 Å². The summed E-state index contributed by atoms with van der Waals surface area (Å²) in [5.41, 5.74) is 11.9. The van der Waals surface area contributed by atoms with E-state index in [-0.39, 0.29) is 5.54 Å². The highest BCUT2D eigenvalue weighted by Crippen LogP contribution is 2.45. The fraction of sp³-hybridized carbons (Fsp3) is 1.00. The highest BCUT2D eigenvalue weighted by atomic mass is 14.8. The molecule has 2 rings (SSSR count). The zero-order chi connectivity index (χ0) is 7.90. The lowest BCUT2D eigenvalue weighted by atomic mass is 9.74. The van der Waals surface area contributed by atoms with Gasteiger partial charge in [-0.2, -0.15) is 0 Å². The van der Waals surface area contributed by atoms with E-state index in [0.29, 0.717) is 6.54 Å². The van der Waals surface area contributed by atoms with Gasteiger partial charge in [-0.15, -0.1) is 0 Å². The summed E-state index contributed by atoms with van der Waals surface area (Å²) in [6.07, 6.45) is 6.58. The second kappa shape index (κ2) is 2.46. The number of hydrogen-bond donors (Lipinski definition) is 2. The summed E-state index contributed by atoms with van der Waals surface area (Å²) in [6, 6.07) is 0. The molecule has 2 nitrogen and oxygen atoms in total. The Labute approximate surface area is 68.3 Å². The fourth-order valence-corrected chi connectivity index (χ4v) is 2.81. The van der Waals surface area contributed by atoms with Crippen LogP contribution in [0.4, 0.5) is 0 Å². The molecule has 2 saturated carbocycles. The summed E-state index contributed by atoms with van der Waals surface area (Å²) in [4.78, 5) is 0. The molecule has 0 aliphatic heterocycles. The van der Waals surface area contributed by atoms with Crippen LogP contribution in [0.1, 0.15) is 32.1 Å². The van der Waals surface area contributed by atoms with E-state index in [1.54, 1.807) is 0 Å². The van der Waals surface area contributed by atoms with Crippen molar-refractivity contribution in [1.29, 1.82) is 0 Å². The summed E-state index contributed by atoms with van der Waals surface area (Å²) in [5, 5.41) is 0. The second-order valence-electron chi connectivity index (χ2n) is 4.35. The first kappa shape index (κ1) is 7.56. The molecule has 2 bridgehead atoms. The lowest BCUT2D eigenvalue weighted by Crippen LogP contribution is -2.54. The van der Waals surface area contributed by atoms with Gasteiger partial charge >= 0.3 is 0 Å². The van der Waals surface area contributed by atoms with Crippen molar-refractivity contribution in [3.63, 3.8) is 0 Å². The molecule has 0 saturated heterocycles. The van der Waals surface area contributed by atoms with Crippen LogP contribution in [0.5, 0.6) is 0 Å². The van der Waals surface area contributed by atoms with E-state index in [4.69, 9.17) is 11.5 Å². The van der Waals surface area contributed by atoms with Gasteiger partial charge in [0.25, 0.3) is 0 Å². The fourth-order valence-electron chi connectivity index (χ4n) is 2.81. The quantitative estimate of drug-likeness (QED) is 0.588. The van der Waals surface area contributed by atoms with E-state index in [0.717, 1.165) is 11.8 Å². The third kappa shape index (κ3) is 1.09. The molecule has 0 aromatic rings. The van der Waals surface area contributed by atoms with Gasteiger partial charge in [0.2, 0.25) is 0 Å². The highest BCUT2D eigenvalue weighted by molar-refractivity contribution is 5.00. The van der Waals surface area contributed by atoms with Gasteiger partial charge in [0.15, 0.2) is 0 Å². The molecule has 3 atom stereocenters. The topological polar surface area (TPSA) is 52.0 Å². The van der Waals surface area contributed by atoms with Gasteiger partial charge in [-0.3, -0.25) is 0 Å². The van der Waals surface area contributed by atoms with Crippen LogP contribution in [-0.4, -0.2) is 12.1 Å². The molecule has 2 fully saturated rings. The molecular formula is C9H18N2. The van der Waals surface area contributed by atoms with Crippen LogP contribution in [0, 0.1) is 11.8 Å². The Balaban J connectivity index is 2.12. The molecule has 0 aromatic carbocycles. The predicted molar refractivity (Wildman–Crippen MR) is 46.0 cm³/mol. The standard InChI is InChI=1S/C9H18N2/c10-6-9(11)4-3-7-1-2-8(9)5-7/h7-8H,1-6,10-11H2/t7-,8-,9?/m0/s1. The minimum Gasteiger partial charge on any atom is -0.329 e. The summed E-state index contributed by atoms with van der Waals surface area (Å²) in [7, 11) is 0. The van der Waals surface area contributed by atoms with Crippen LogP contribution in [-0.2, 0) is 0 Å². The van der Waals surface area contributed by atoms with Gasteiger partial charge in [0.05, 0.1) is 0 Å². The second-order valence-corrected chi connectivity index (χ2v) is 4.35. The molecule has 0 radical (unpaired) electrons. The van der Waals surface area contributed by atoms with E-state index in [1.165, 1.54) is 32.1 Å². The molecule has 0 aromatic heterocycles. The Hall–Kier alpha value is -0.0800. The summed E-state index contributed by atoms with van der Waals surface area (Å²) in [6.45, 7) is 0.685. The molecule has 11 heavy (non-hydrogen) atoms. The number of fused-ring (bicyclic) bond motifs is 2. The van der Waals surface area contributed by atoms with Crippen LogP contribution in [0.25, 0.3) is 0 Å². The third-order valence-corrected chi connectivity index (χ3v) is 3.75. The molecule has 2 aliphatic rings. The lowest BCUT2D eigenvalue weighted by Gasteiger charge is -2.38. The van der Waals surface area contributed by atoms with Crippen molar-refractivity contribution in [2.24, 2.45) is 23.3 Å². The lowest BCUT2D eigenvalue weighted by molar-refractivity contribution is 0.205. The van der Waals surface area contributed by atoms with Crippen molar-refractivity contribution in [3.05, 3.63) is 0 Å². The Kier molecular flexibility index (Phi) is 1.69. The monoisotopic (exact) mass is 154 g/mol. The van der Waals surface area contributed by atoms with E-state index in [1.807, 2.05) is 0 Å². The normalized spacial score (nSPS) is 49.6. The minimum atomic E-state index is 0.00694. The summed E-state index contributed by atoms with van der Waals surface area (Å²) < 4.78 is 0. The minimum absolute atomic E-state index is 0.00694. The van der Waals surface area contributed by atoms with E-state index in [2.05, 4.69) is 0 Å². The number of nitrogens with two attached hydrogens (primary N) is 2. The molecular weight excluding hydrogens is 136 g/mol. The van der Waals surface area contributed by atoms with Crippen molar-refractivity contribution in [3.8, 4) is 0 Å². The van der Waals surface area contributed by atoms with Crippen molar-refractivity contribution >= 4 is 0 Å². The first-order valence-corrected chi connectivity index (χ1v) is 4.73. The predicted octanol–water partition coefficient (Wildman–Crippen LogP) is 0.853. The van der Waals surface area contributed by atoms with Crippen molar-refractivity contribution < 1.29 is 0 Å². The van der Waals surface area contributed by atoms with Crippen LogP contribution in [0.15, 0.2) is 0 Å². The Morgan fingerprint density at radius 3 is 2.82 bits per heavy atom. The van der Waals surface area contributed by atoms with Gasteiger partial charge in [-0.25, -0.2) is 0 Å². The summed E-state index contributed by atoms with van der Waals surface area (Å²) in [5.74, 6) is 1.73. The van der Waals surface area contributed by atoms with Crippen LogP contribution < -0.4 is 11.5 Å². The Bertz CT molecular complexity index is 158. The van der Waals surface area contributed by atoms with Gasteiger partial charge in [-0.1, -0.05) is 6.42 Å². The zero-order valence-corrected chi connectivity index (χ0v) is 7.05. The highest BCUT2D eigenvalue weighted by Gasteiger charge is 2.43. The van der Waals surface area contributed by atoms with E-state index >= 15 is 0 Å². The SMILES string of the molecule is NCC1(N)CC[C@@H]2CC[C@H]1C2. The average molecular weight is 154 g/mol. The Morgan fingerprint density at radius 1 is 1.27 bits per heavy atom. The third-order valence-electron chi connectivity index (χ3n) is 3.75. The molecule has 64 valence electrons. The van der Waals surface area contributed by atoms with Crippen molar-refractivity contribution in [1.82, 2.24) is 0 Å². The maximum absolute atomic E-state index is 6.21. The van der Waals surface area contributed by atoms with Gasteiger partial charge < -0.3 is 11.5 Å². The maximum atomic E-state index is 6.21. The van der Waals surface area contributed by atoms with Gasteiger partial charge in [0, 0.05) is 12.1 Å². The average Bonchev–Trinajstić information content (AvgIpc) is 2.44. The van der Waals surface area contributed by atoms with Crippen molar-refractivity contribution in [2.75, 3.05) is 6.54 Å². The molecule has 1 unspecified atom stereocenters. The molecule has 2 heteroatoms. The van der Waals surface area contributed by atoms with Gasteiger partial charge in [0.1, 0.15) is 0 Å². The summed E-state index contributed by atoms with van der Waals surface area (Å²) >= 11 is 0. The largest absolute Gasteiger partial charge is 0.329 e. The van der Waals surface area contributed by atoms with Gasteiger partial charge in [-0.05, 0) is 37.5 Å². The first-order valence-electron chi connectivity index (χ1n) is 4.73. The molecule has 0 heterocycles. The molecule has 0 amide bonds. The van der Waals surface area contributed by atoms with Crippen LogP contribution in [0.3, 0.4) is 0 Å². The van der Waals surface area contributed by atoms with Crippen molar-refractivity contribution in [2.45, 2.75) is 37.6 Å².